The van der Waals surface area contributed by atoms with Crippen LogP contribution in [-0.2, 0) is 22.7 Å². The van der Waals surface area contributed by atoms with Crippen molar-refractivity contribution in [2.75, 3.05) is 6.54 Å². The van der Waals surface area contributed by atoms with Crippen molar-refractivity contribution in [2.45, 2.75) is 90.3 Å². The second-order valence-electron chi connectivity index (χ2n) is 11.1. The first kappa shape index (κ1) is 24.5. The predicted octanol–water partition coefficient (Wildman–Crippen LogP) is 4.68. The number of ether oxygens (including phenoxy) is 1. The van der Waals surface area contributed by atoms with Crippen LogP contribution in [0.3, 0.4) is 0 Å². The Labute approximate surface area is 211 Å². The van der Waals surface area contributed by atoms with Gasteiger partial charge in [-0.15, -0.1) is 10.2 Å². The smallest absolute Gasteiger partial charge is 0.411 e. The van der Waals surface area contributed by atoms with Gasteiger partial charge in [0.15, 0.2) is 0 Å². The first-order valence-electron chi connectivity index (χ1n) is 12.8. The summed E-state index contributed by atoms with van der Waals surface area (Å²) in [6.07, 6.45) is 2.96. The molecule has 2 bridgehead atoms. The fourth-order valence-corrected chi connectivity index (χ4v) is 5.16. The van der Waals surface area contributed by atoms with Crippen LogP contribution in [0.25, 0.3) is 0 Å². The number of hydrogen-bond donors (Lipinski definition) is 0. The average Bonchev–Trinajstić information content (AvgIpc) is 3.37. The summed E-state index contributed by atoms with van der Waals surface area (Å²) in [5, 5.41) is 9.98. The van der Waals surface area contributed by atoms with Crippen LogP contribution in [0, 0.1) is 5.92 Å². The Kier molecular flexibility index (Phi) is 6.63. The minimum Gasteiger partial charge on any atom is -0.444 e. The third kappa shape index (κ3) is 5.18. The lowest BCUT2D eigenvalue weighted by molar-refractivity contribution is -0.140. The first-order chi connectivity index (χ1) is 17.2. The molecule has 36 heavy (non-hydrogen) atoms. The SMILES string of the molecule is CC1CC(N(Cc2nnc([C@@H]3CC[C@@H]4CN3C(=O)N4OCc3ccccc3)o2)C(=O)OC(C)(C)C)C1. The van der Waals surface area contributed by atoms with E-state index in [1.54, 1.807) is 9.80 Å². The topological polar surface area (TPSA) is 101 Å². The van der Waals surface area contributed by atoms with E-state index in [0.29, 0.717) is 37.3 Å². The van der Waals surface area contributed by atoms with Crippen LogP contribution in [0.1, 0.15) is 76.8 Å². The third-order valence-electron chi connectivity index (χ3n) is 7.03. The van der Waals surface area contributed by atoms with Crippen molar-refractivity contribution in [3.63, 3.8) is 0 Å². The van der Waals surface area contributed by atoms with Crippen molar-refractivity contribution in [2.24, 2.45) is 5.92 Å². The molecule has 2 saturated heterocycles. The number of aromatic nitrogens is 2. The predicted molar refractivity (Wildman–Crippen MR) is 129 cm³/mol. The van der Waals surface area contributed by atoms with Crippen LogP contribution >= 0.6 is 0 Å². The zero-order valence-electron chi connectivity index (χ0n) is 21.4. The third-order valence-corrected chi connectivity index (χ3v) is 7.03. The van der Waals surface area contributed by atoms with Gasteiger partial charge >= 0.3 is 12.1 Å². The highest BCUT2D eigenvalue weighted by Gasteiger charge is 2.48. The first-order valence-corrected chi connectivity index (χ1v) is 12.8. The van der Waals surface area contributed by atoms with Gasteiger partial charge in [0.25, 0.3) is 0 Å². The molecular formula is C26H35N5O5. The molecule has 0 spiro atoms. The van der Waals surface area contributed by atoms with Crippen LogP contribution in [-0.4, -0.2) is 61.4 Å². The van der Waals surface area contributed by atoms with E-state index < -0.39 is 5.60 Å². The number of hydroxylamine groups is 2. The van der Waals surface area contributed by atoms with Gasteiger partial charge in [-0.05, 0) is 57.9 Å². The van der Waals surface area contributed by atoms with Crippen molar-refractivity contribution in [1.29, 1.82) is 0 Å². The molecule has 0 radical (unpaired) electrons. The van der Waals surface area contributed by atoms with Gasteiger partial charge in [0.05, 0.1) is 6.04 Å². The van der Waals surface area contributed by atoms with E-state index in [1.807, 2.05) is 51.1 Å². The highest BCUT2D eigenvalue weighted by Crippen LogP contribution is 2.38. The molecule has 1 saturated carbocycles. The van der Waals surface area contributed by atoms with Crippen LogP contribution in [0.4, 0.5) is 9.59 Å². The Hall–Kier alpha value is -3.14. The lowest BCUT2D eigenvalue weighted by Gasteiger charge is -2.41. The molecule has 3 fully saturated rings. The molecule has 1 aliphatic carbocycles. The number of urea groups is 1. The van der Waals surface area contributed by atoms with E-state index >= 15 is 0 Å². The van der Waals surface area contributed by atoms with Gasteiger partial charge in [0.1, 0.15) is 24.8 Å². The standard InChI is InChI=1S/C26H35N5O5/c1-17-12-20(13-17)29(25(33)36-26(2,3)4)15-22-27-28-23(35-22)21-11-10-19-14-30(21)24(32)31(19)34-16-18-8-6-5-7-9-18/h5-9,17,19-21H,10-16H2,1-4H3/t17?,19-,20?,21+/m1/s1. The summed E-state index contributed by atoms with van der Waals surface area (Å²) in [5.74, 6) is 1.32. The fourth-order valence-electron chi connectivity index (χ4n) is 5.16. The molecule has 2 aromatic rings. The molecule has 10 heteroatoms. The van der Waals surface area contributed by atoms with Gasteiger partial charge in [-0.3, -0.25) is 9.74 Å². The van der Waals surface area contributed by atoms with Crippen molar-refractivity contribution in [1.82, 2.24) is 25.1 Å². The van der Waals surface area contributed by atoms with Crippen molar-refractivity contribution in [3.05, 3.63) is 47.7 Å². The molecule has 1 aromatic heterocycles. The Morgan fingerprint density at radius 1 is 1.17 bits per heavy atom. The van der Waals surface area contributed by atoms with E-state index in [1.165, 1.54) is 5.06 Å². The Morgan fingerprint density at radius 3 is 2.61 bits per heavy atom. The molecule has 0 N–H and O–H groups in total. The molecule has 0 unspecified atom stereocenters. The normalized spacial score (nSPS) is 25.6. The van der Waals surface area contributed by atoms with Crippen LogP contribution in [0.15, 0.2) is 34.7 Å². The lowest BCUT2D eigenvalue weighted by Crippen LogP contribution is -2.48. The van der Waals surface area contributed by atoms with Gasteiger partial charge in [-0.2, -0.15) is 5.06 Å². The number of fused-ring (bicyclic) bond motifs is 2. The lowest BCUT2D eigenvalue weighted by atomic mass is 9.81. The number of piperidine rings is 1. The van der Waals surface area contributed by atoms with Crippen molar-refractivity contribution >= 4 is 12.1 Å². The molecular weight excluding hydrogens is 462 g/mol. The summed E-state index contributed by atoms with van der Waals surface area (Å²) < 4.78 is 11.7. The Morgan fingerprint density at radius 2 is 1.92 bits per heavy atom. The fraction of sp³-hybridized carbons (Fsp3) is 0.615. The maximum atomic E-state index is 13.1. The molecule has 3 heterocycles. The van der Waals surface area contributed by atoms with Crippen LogP contribution in [0.2, 0.25) is 0 Å². The molecule has 3 aliphatic rings. The second-order valence-corrected chi connectivity index (χ2v) is 11.1. The van der Waals surface area contributed by atoms with E-state index in [2.05, 4.69) is 17.1 Å². The summed E-state index contributed by atoms with van der Waals surface area (Å²) in [4.78, 5) is 35.4. The Balaban J connectivity index is 1.24. The van der Waals surface area contributed by atoms with Gasteiger partial charge in [0, 0.05) is 12.6 Å². The second kappa shape index (κ2) is 9.72. The van der Waals surface area contributed by atoms with Crippen molar-refractivity contribution < 1.29 is 23.6 Å². The number of amides is 3. The number of hydrogen-bond acceptors (Lipinski definition) is 7. The largest absolute Gasteiger partial charge is 0.444 e. The monoisotopic (exact) mass is 497 g/mol. The van der Waals surface area contributed by atoms with E-state index in [0.717, 1.165) is 24.8 Å². The van der Waals surface area contributed by atoms with Gasteiger partial charge in [0.2, 0.25) is 11.8 Å². The molecule has 2 aliphatic heterocycles. The molecule has 2 atom stereocenters. The van der Waals surface area contributed by atoms with Crippen molar-refractivity contribution in [3.8, 4) is 0 Å². The summed E-state index contributed by atoms with van der Waals surface area (Å²) in [5.41, 5.74) is 0.420. The van der Waals surface area contributed by atoms with E-state index in [-0.39, 0.29) is 36.8 Å². The van der Waals surface area contributed by atoms with Gasteiger partial charge < -0.3 is 14.1 Å². The molecule has 5 rings (SSSR count). The quantitative estimate of drug-likeness (QED) is 0.547. The zero-order valence-corrected chi connectivity index (χ0v) is 21.4. The minimum atomic E-state index is -0.589. The van der Waals surface area contributed by atoms with E-state index in [9.17, 15) is 9.59 Å². The maximum Gasteiger partial charge on any atom is 0.411 e. The number of nitrogens with zero attached hydrogens (tertiary/aromatic N) is 5. The number of benzene rings is 1. The number of rotatable bonds is 7. The maximum absolute atomic E-state index is 13.1. The molecule has 10 nitrogen and oxygen atoms in total. The Bertz CT molecular complexity index is 1080. The number of carbonyl (C=O) groups excluding carboxylic acids is 2. The van der Waals surface area contributed by atoms with Gasteiger partial charge in [-0.25, -0.2) is 9.59 Å². The summed E-state index contributed by atoms with van der Waals surface area (Å²) in [6, 6.07) is 9.40. The van der Waals surface area contributed by atoms with Gasteiger partial charge in [-0.1, -0.05) is 37.3 Å². The number of carbonyl (C=O) groups is 2. The highest BCUT2D eigenvalue weighted by atomic mass is 16.7. The zero-order chi connectivity index (χ0) is 25.4. The summed E-state index contributed by atoms with van der Waals surface area (Å²) >= 11 is 0. The van der Waals surface area contributed by atoms with E-state index in [4.69, 9.17) is 14.0 Å². The molecule has 1 aromatic carbocycles. The van der Waals surface area contributed by atoms with Crippen LogP contribution in [0.5, 0.6) is 0 Å². The minimum absolute atomic E-state index is 0.00289. The summed E-state index contributed by atoms with van der Waals surface area (Å²) in [6.45, 7) is 8.82. The highest BCUT2D eigenvalue weighted by molar-refractivity contribution is 5.77. The summed E-state index contributed by atoms with van der Waals surface area (Å²) in [7, 11) is 0. The molecule has 3 amide bonds. The average molecular weight is 498 g/mol. The molecule has 194 valence electrons. The van der Waals surface area contributed by atoms with Crippen LogP contribution < -0.4 is 0 Å².